The molecule has 1 unspecified atom stereocenters. The predicted molar refractivity (Wildman–Crippen MR) is 231 cm³/mol. The number of carbonyl (C=O) groups excluding carboxylic acids is 2. The van der Waals surface area contributed by atoms with Crippen molar-refractivity contribution < 1.29 is 24.2 Å². The predicted octanol–water partition coefficient (Wildman–Crippen LogP) is 13.8. The third-order valence-corrected chi connectivity index (χ3v) is 9.34. The Bertz CT molecular complexity index is 1050. The molecule has 0 aromatic heterocycles. The van der Waals surface area contributed by atoms with Gasteiger partial charge in [0.25, 0.3) is 0 Å². The number of nitrogens with one attached hydrogen (secondary N) is 1. The van der Waals surface area contributed by atoms with Gasteiger partial charge in [-0.15, -0.1) is 0 Å². The second kappa shape index (κ2) is 42.6. The summed E-state index contributed by atoms with van der Waals surface area (Å²) in [4.78, 5) is 35.0. The zero-order valence-electron chi connectivity index (χ0n) is 34.8. The molecule has 0 bridgehead atoms. The minimum atomic E-state index is -1.03. The van der Waals surface area contributed by atoms with E-state index in [1.165, 1.54) is 77.0 Å². The third kappa shape index (κ3) is 41.6. The van der Waals surface area contributed by atoms with Crippen LogP contribution in [-0.4, -0.2) is 35.6 Å². The molecule has 0 aliphatic carbocycles. The first-order valence-electron chi connectivity index (χ1n) is 22.1. The number of ether oxygens (including phenoxy) is 1. The van der Waals surface area contributed by atoms with Gasteiger partial charge in [-0.1, -0.05) is 164 Å². The van der Waals surface area contributed by atoms with Gasteiger partial charge in [0.15, 0.2) is 0 Å². The number of carboxylic acids is 1. The lowest BCUT2D eigenvalue weighted by Crippen LogP contribution is -2.28. The van der Waals surface area contributed by atoms with Gasteiger partial charge in [-0.05, 0) is 96.0 Å². The van der Waals surface area contributed by atoms with E-state index in [1.807, 2.05) is 0 Å². The number of hydrogen-bond donors (Lipinski definition) is 2. The van der Waals surface area contributed by atoms with Crippen LogP contribution in [0.1, 0.15) is 200 Å². The molecule has 0 fully saturated rings. The zero-order chi connectivity index (χ0) is 39.4. The number of hydrogen-bond acceptors (Lipinski definition) is 4. The molecule has 1 amide bonds. The van der Waals surface area contributed by atoms with Gasteiger partial charge in [0.1, 0.15) is 12.6 Å². The lowest BCUT2D eigenvalue weighted by Gasteiger charge is -2.14. The Morgan fingerprint density at radius 3 is 1.44 bits per heavy atom. The number of allylic oxidation sites excluding steroid dienone is 11. The van der Waals surface area contributed by atoms with E-state index in [2.05, 4.69) is 92.1 Å². The van der Waals surface area contributed by atoms with Crippen LogP contribution in [-0.2, 0) is 19.1 Å². The molecule has 2 N–H and O–H groups in total. The van der Waals surface area contributed by atoms with Crippen molar-refractivity contribution >= 4 is 17.8 Å². The molecule has 308 valence electrons. The van der Waals surface area contributed by atoms with Crippen molar-refractivity contribution in [3.63, 3.8) is 0 Å². The van der Waals surface area contributed by atoms with Gasteiger partial charge in [0.2, 0.25) is 5.91 Å². The van der Waals surface area contributed by atoms with Crippen LogP contribution >= 0.6 is 0 Å². The summed E-state index contributed by atoms with van der Waals surface area (Å²) in [5.74, 6) is -1.34. The molecule has 0 aromatic rings. The second-order valence-corrected chi connectivity index (χ2v) is 14.6. The Morgan fingerprint density at radius 1 is 0.500 bits per heavy atom. The van der Waals surface area contributed by atoms with E-state index in [1.54, 1.807) is 0 Å². The highest BCUT2D eigenvalue weighted by atomic mass is 16.5. The highest BCUT2D eigenvalue weighted by Gasteiger charge is 2.11. The molecular weight excluding hydrogens is 671 g/mol. The Kier molecular flexibility index (Phi) is 40.1. The first kappa shape index (κ1) is 50.9. The minimum Gasteiger partial charge on any atom is -0.480 e. The van der Waals surface area contributed by atoms with Crippen molar-refractivity contribution in [2.24, 2.45) is 0 Å². The largest absolute Gasteiger partial charge is 0.480 e. The summed E-state index contributed by atoms with van der Waals surface area (Å²) in [6.45, 7) is 4.16. The fraction of sp³-hybridized carbons (Fsp3) is 0.688. The highest BCUT2D eigenvalue weighted by molar-refractivity contribution is 5.80. The van der Waals surface area contributed by atoms with E-state index in [4.69, 9.17) is 9.84 Å². The molecule has 0 spiro atoms. The molecule has 54 heavy (non-hydrogen) atoms. The molecule has 0 radical (unpaired) electrons. The molecular formula is C48H81NO5. The lowest BCUT2D eigenvalue weighted by atomic mass is 10.1. The lowest BCUT2D eigenvalue weighted by molar-refractivity contribution is -0.147. The van der Waals surface area contributed by atoms with Crippen LogP contribution in [0.3, 0.4) is 0 Å². The summed E-state index contributed by atoms with van der Waals surface area (Å²) < 4.78 is 5.91. The average Bonchev–Trinajstić information content (AvgIpc) is 3.16. The van der Waals surface area contributed by atoms with Crippen molar-refractivity contribution in [3.8, 4) is 0 Å². The van der Waals surface area contributed by atoms with Crippen molar-refractivity contribution in [3.05, 3.63) is 72.9 Å². The highest BCUT2D eigenvalue weighted by Crippen LogP contribution is 2.15. The quantitative estimate of drug-likeness (QED) is 0.0371. The summed E-state index contributed by atoms with van der Waals surface area (Å²) in [7, 11) is 0. The molecule has 0 heterocycles. The summed E-state index contributed by atoms with van der Waals surface area (Å²) >= 11 is 0. The van der Waals surface area contributed by atoms with E-state index < -0.39 is 5.97 Å². The fourth-order valence-corrected chi connectivity index (χ4v) is 6.03. The smallest absolute Gasteiger partial charge is 0.322 e. The van der Waals surface area contributed by atoms with Crippen molar-refractivity contribution in [1.29, 1.82) is 0 Å². The maximum absolute atomic E-state index is 12.7. The molecule has 6 nitrogen and oxygen atoms in total. The fourth-order valence-electron chi connectivity index (χ4n) is 6.03. The number of carboxylic acid groups (broad SMARTS) is 1. The maximum atomic E-state index is 12.7. The average molecular weight is 752 g/mol. The molecule has 0 aliphatic rings. The van der Waals surface area contributed by atoms with Gasteiger partial charge < -0.3 is 15.2 Å². The molecule has 0 aliphatic heterocycles. The van der Waals surface area contributed by atoms with E-state index in [0.29, 0.717) is 12.8 Å². The third-order valence-electron chi connectivity index (χ3n) is 9.34. The summed E-state index contributed by atoms with van der Waals surface area (Å²) in [6, 6.07) is 0. The first-order valence-corrected chi connectivity index (χ1v) is 22.1. The SMILES string of the molecule is CCCCC/C=C\C/C=C\C/C=C\C(CCCCCCCC(=O)NCC(=O)O)OC(=O)CCCCCCCC/C=C\C/C=C\C/C=C\CCCCCCC. The van der Waals surface area contributed by atoms with Crippen LogP contribution in [0.4, 0.5) is 0 Å². The van der Waals surface area contributed by atoms with Gasteiger partial charge in [0.05, 0.1) is 0 Å². The van der Waals surface area contributed by atoms with E-state index >= 15 is 0 Å². The first-order chi connectivity index (χ1) is 26.5. The topological polar surface area (TPSA) is 92.7 Å². The summed E-state index contributed by atoms with van der Waals surface area (Å²) in [6.07, 6.45) is 57.5. The normalized spacial score (nSPS) is 12.8. The van der Waals surface area contributed by atoms with E-state index in [-0.39, 0.29) is 24.5 Å². The Hall–Kier alpha value is -3.15. The van der Waals surface area contributed by atoms with Crippen molar-refractivity contribution in [1.82, 2.24) is 5.32 Å². The van der Waals surface area contributed by atoms with Gasteiger partial charge in [-0.3, -0.25) is 14.4 Å². The molecule has 0 aromatic carbocycles. The molecule has 1 atom stereocenters. The minimum absolute atomic E-state index is 0.103. The van der Waals surface area contributed by atoms with E-state index in [0.717, 1.165) is 96.3 Å². The summed E-state index contributed by atoms with van der Waals surface area (Å²) in [5.41, 5.74) is 0. The maximum Gasteiger partial charge on any atom is 0.322 e. The Morgan fingerprint density at radius 2 is 0.907 bits per heavy atom. The van der Waals surface area contributed by atoms with Gasteiger partial charge in [-0.25, -0.2) is 0 Å². The second-order valence-electron chi connectivity index (χ2n) is 14.6. The number of unbranched alkanes of at least 4 members (excludes halogenated alkanes) is 18. The van der Waals surface area contributed by atoms with E-state index in [9.17, 15) is 14.4 Å². The Labute approximate surface area is 332 Å². The van der Waals surface area contributed by atoms with Crippen LogP contribution in [0.2, 0.25) is 0 Å². The van der Waals surface area contributed by atoms with Crippen LogP contribution < -0.4 is 5.32 Å². The number of aliphatic carboxylic acids is 1. The Balaban J connectivity index is 4.23. The summed E-state index contributed by atoms with van der Waals surface area (Å²) in [5, 5.41) is 11.1. The molecule has 0 saturated heterocycles. The number of rotatable bonds is 39. The van der Waals surface area contributed by atoms with Gasteiger partial charge in [-0.2, -0.15) is 0 Å². The monoisotopic (exact) mass is 752 g/mol. The van der Waals surface area contributed by atoms with Crippen LogP contribution in [0.15, 0.2) is 72.9 Å². The van der Waals surface area contributed by atoms with Crippen molar-refractivity contribution in [2.75, 3.05) is 6.54 Å². The van der Waals surface area contributed by atoms with Gasteiger partial charge >= 0.3 is 11.9 Å². The van der Waals surface area contributed by atoms with Gasteiger partial charge in [0, 0.05) is 12.8 Å². The molecule has 6 heteroatoms. The van der Waals surface area contributed by atoms with Crippen LogP contribution in [0.25, 0.3) is 0 Å². The van der Waals surface area contributed by atoms with Crippen molar-refractivity contribution in [2.45, 2.75) is 206 Å². The number of esters is 1. The molecule has 0 rings (SSSR count). The number of amides is 1. The number of carbonyl (C=O) groups is 3. The van der Waals surface area contributed by atoms with Crippen LogP contribution in [0.5, 0.6) is 0 Å². The standard InChI is InChI=1S/C48H81NO5/c1-3-5-7-9-11-13-15-16-17-18-19-20-21-22-23-24-26-28-30-35-39-43-48(53)54-45(40-36-32-29-27-25-14-12-10-8-6-4-2)41-37-33-31-34-38-42-46(50)49-44-47(51)52/h12,14-16,18-19,21-22,27,29,36,40,45H,3-11,13,17,20,23-26,28,30-35,37-39,41-44H2,1-2H3,(H,49,50)(H,51,52)/b14-12-,16-15-,19-18-,22-21-,29-27-,40-36-. The zero-order valence-corrected chi connectivity index (χ0v) is 34.8. The molecule has 0 saturated carbocycles. The van der Waals surface area contributed by atoms with Crippen LogP contribution in [0, 0.1) is 0 Å².